The second kappa shape index (κ2) is 6.08. The molecule has 22 heavy (non-hydrogen) atoms. The second-order valence-electron chi connectivity index (χ2n) is 4.36. The van der Waals surface area contributed by atoms with E-state index in [-0.39, 0.29) is 11.5 Å². The Hall–Kier alpha value is -2.51. The number of rotatable bonds is 4. The number of anilines is 1. The maximum atomic E-state index is 12.2. The van der Waals surface area contributed by atoms with Crippen molar-refractivity contribution < 1.29 is 14.7 Å². The van der Waals surface area contributed by atoms with Crippen molar-refractivity contribution in [1.29, 1.82) is 0 Å². The molecule has 5 nitrogen and oxygen atoms in total. The fraction of sp³-hybridized carbons (Fsp3) is 0. The Morgan fingerprint density at radius 3 is 2.73 bits per heavy atom. The molecular formula is C15H10N2O3S2. The average molecular weight is 330 g/mol. The lowest BCUT2D eigenvalue weighted by molar-refractivity contribution is 0.0696. The Kier molecular flexibility index (Phi) is 3.99. The topological polar surface area (TPSA) is 79.3 Å². The van der Waals surface area contributed by atoms with Crippen LogP contribution in [0.15, 0.2) is 48.1 Å². The van der Waals surface area contributed by atoms with Crippen LogP contribution < -0.4 is 5.32 Å². The molecule has 3 aromatic heterocycles. The number of thiophene rings is 2. The van der Waals surface area contributed by atoms with Crippen LogP contribution in [0.5, 0.6) is 0 Å². The molecule has 0 aliphatic carbocycles. The number of pyridine rings is 1. The largest absolute Gasteiger partial charge is 0.478 e. The molecule has 0 radical (unpaired) electrons. The quantitative estimate of drug-likeness (QED) is 0.762. The van der Waals surface area contributed by atoms with Gasteiger partial charge in [-0.2, -0.15) is 0 Å². The van der Waals surface area contributed by atoms with Crippen LogP contribution in [0.4, 0.5) is 5.69 Å². The highest BCUT2D eigenvalue weighted by atomic mass is 32.1. The summed E-state index contributed by atoms with van der Waals surface area (Å²) >= 11 is 3.00. The molecule has 3 heterocycles. The summed E-state index contributed by atoms with van der Waals surface area (Å²) in [6, 6.07) is 8.99. The highest BCUT2D eigenvalue weighted by molar-refractivity contribution is 7.22. The highest BCUT2D eigenvalue weighted by Crippen LogP contribution is 2.31. The van der Waals surface area contributed by atoms with Gasteiger partial charge in [-0.25, -0.2) is 4.79 Å². The molecule has 110 valence electrons. The van der Waals surface area contributed by atoms with Gasteiger partial charge < -0.3 is 10.4 Å². The maximum absolute atomic E-state index is 12.2. The molecule has 0 unspecified atom stereocenters. The molecule has 0 spiro atoms. The zero-order chi connectivity index (χ0) is 15.5. The van der Waals surface area contributed by atoms with Crippen molar-refractivity contribution in [3.63, 3.8) is 0 Å². The first kappa shape index (κ1) is 14.4. The van der Waals surface area contributed by atoms with Gasteiger partial charge in [-0.15, -0.1) is 22.7 Å². The van der Waals surface area contributed by atoms with E-state index in [9.17, 15) is 9.59 Å². The summed E-state index contributed by atoms with van der Waals surface area (Å²) in [4.78, 5) is 29.6. The minimum Gasteiger partial charge on any atom is -0.478 e. The predicted octanol–water partition coefficient (Wildman–Crippen LogP) is 3.82. The summed E-state index contributed by atoms with van der Waals surface area (Å²) in [5, 5.41) is 13.6. The lowest BCUT2D eigenvalue weighted by Gasteiger charge is -2.03. The van der Waals surface area contributed by atoms with E-state index < -0.39 is 5.97 Å². The van der Waals surface area contributed by atoms with Gasteiger partial charge in [0.15, 0.2) is 0 Å². The van der Waals surface area contributed by atoms with Crippen LogP contribution in [0.25, 0.3) is 9.75 Å². The third kappa shape index (κ3) is 3.05. The van der Waals surface area contributed by atoms with Crippen LogP contribution in [0.1, 0.15) is 20.0 Å². The molecular weight excluding hydrogens is 320 g/mol. The van der Waals surface area contributed by atoms with Crippen LogP contribution in [-0.2, 0) is 0 Å². The third-order valence-corrected chi connectivity index (χ3v) is 4.99. The van der Waals surface area contributed by atoms with Crippen molar-refractivity contribution in [3.8, 4) is 9.75 Å². The van der Waals surface area contributed by atoms with Gasteiger partial charge in [-0.3, -0.25) is 9.78 Å². The normalized spacial score (nSPS) is 10.4. The minimum absolute atomic E-state index is 0.0308. The van der Waals surface area contributed by atoms with E-state index in [0.717, 1.165) is 9.75 Å². The summed E-state index contributed by atoms with van der Waals surface area (Å²) in [7, 11) is 0. The van der Waals surface area contributed by atoms with Gasteiger partial charge in [0.25, 0.3) is 5.91 Å². The molecule has 7 heteroatoms. The standard InChI is InChI=1S/C15H10N2O3S2/c18-14(17-10-6-9(15(19)20)7-16-8-10)13-4-3-12(22-13)11-2-1-5-21-11/h1-8H,(H,17,18)(H,19,20). The highest BCUT2D eigenvalue weighted by Gasteiger charge is 2.12. The van der Waals surface area contributed by atoms with E-state index in [1.54, 1.807) is 17.4 Å². The van der Waals surface area contributed by atoms with Crippen LogP contribution in [0.2, 0.25) is 0 Å². The summed E-state index contributed by atoms with van der Waals surface area (Å²) in [5.41, 5.74) is 0.388. The van der Waals surface area contributed by atoms with Gasteiger partial charge in [-0.05, 0) is 29.6 Å². The molecule has 2 N–H and O–H groups in total. The van der Waals surface area contributed by atoms with E-state index in [0.29, 0.717) is 10.6 Å². The number of hydrogen-bond acceptors (Lipinski definition) is 5. The number of amides is 1. The Labute approximate surface area is 133 Å². The second-order valence-corrected chi connectivity index (χ2v) is 6.39. The van der Waals surface area contributed by atoms with E-state index >= 15 is 0 Å². The fourth-order valence-corrected chi connectivity index (χ4v) is 3.56. The van der Waals surface area contributed by atoms with Crippen molar-refractivity contribution in [1.82, 2.24) is 4.98 Å². The van der Waals surface area contributed by atoms with Crippen molar-refractivity contribution in [2.24, 2.45) is 0 Å². The zero-order valence-electron chi connectivity index (χ0n) is 11.1. The molecule has 0 saturated heterocycles. The first-order chi connectivity index (χ1) is 10.6. The van der Waals surface area contributed by atoms with Gasteiger partial charge in [0.2, 0.25) is 0 Å². The molecule has 1 amide bonds. The monoisotopic (exact) mass is 330 g/mol. The molecule has 0 saturated carbocycles. The summed E-state index contributed by atoms with van der Waals surface area (Å²) in [6.07, 6.45) is 2.65. The number of aromatic carboxylic acids is 1. The third-order valence-electron chi connectivity index (χ3n) is 2.84. The Balaban J connectivity index is 1.77. The smallest absolute Gasteiger partial charge is 0.337 e. The number of carboxylic acids is 1. The summed E-state index contributed by atoms with van der Waals surface area (Å²) < 4.78 is 0. The van der Waals surface area contributed by atoms with Gasteiger partial charge in [0.05, 0.1) is 22.3 Å². The number of carboxylic acid groups (broad SMARTS) is 1. The van der Waals surface area contributed by atoms with E-state index in [1.165, 1.54) is 29.8 Å². The Bertz CT molecular complexity index is 825. The van der Waals surface area contributed by atoms with Crippen molar-refractivity contribution >= 4 is 40.2 Å². The number of carbonyl (C=O) groups is 2. The Morgan fingerprint density at radius 1 is 1.14 bits per heavy atom. The zero-order valence-corrected chi connectivity index (χ0v) is 12.8. The lowest BCUT2D eigenvalue weighted by atomic mass is 10.2. The molecule has 0 aromatic carbocycles. The minimum atomic E-state index is -1.08. The molecule has 0 atom stereocenters. The van der Waals surface area contributed by atoms with Gasteiger partial charge in [0, 0.05) is 16.0 Å². The van der Waals surface area contributed by atoms with E-state index in [4.69, 9.17) is 5.11 Å². The molecule has 3 rings (SSSR count). The van der Waals surface area contributed by atoms with Crippen LogP contribution in [0, 0.1) is 0 Å². The molecule has 0 bridgehead atoms. The van der Waals surface area contributed by atoms with Crippen LogP contribution in [0.3, 0.4) is 0 Å². The van der Waals surface area contributed by atoms with Gasteiger partial charge >= 0.3 is 5.97 Å². The molecule has 0 aliphatic heterocycles. The summed E-state index contributed by atoms with van der Waals surface area (Å²) in [6.45, 7) is 0. The molecule has 0 fully saturated rings. The van der Waals surface area contributed by atoms with Gasteiger partial charge in [0.1, 0.15) is 0 Å². The molecule has 3 aromatic rings. The fourth-order valence-electron chi connectivity index (χ4n) is 1.83. The SMILES string of the molecule is O=C(O)c1cncc(NC(=O)c2ccc(-c3cccs3)s2)c1. The number of aromatic nitrogens is 1. The number of nitrogens with one attached hydrogen (secondary N) is 1. The van der Waals surface area contributed by atoms with Crippen molar-refractivity contribution in [2.75, 3.05) is 5.32 Å². The number of hydrogen-bond donors (Lipinski definition) is 2. The number of carbonyl (C=O) groups excluding carboxylic acids is 1. The summed E-state index contributed by atoms with van der Waals surface area (Å²) in [5.74, 6) is -1.36. The lowest BCUT2D eigenvalue weighted by Crippen LogP contribution is -2.11. The first-order valence-electron chi connectivity index (χ1n) is 6.27. The van der Waals surface area contributed by atoms with Crippen molar-refractivity contribution in [3.05, 3.63) is 58.5 Å². The van der Waals surface area contributed by atoms with Crippen LogP contribution in [-0.4, -0.2) is 22.0 Å². The van der Waals surface area contributed by atoms with Crippen molar-refractivity contribution in [2.45, 2.75) is 0 Å². The van der Waals surface area contributed by atoms with E-state index in [2.05, 4.69) is 10.3 Å². The average Bonchev–Trinajstić information content (AvgIpc) is 3.18. The maximum Gasteiger partial charge on any atom is 0.337 e. The van der Waals surface area contributed by atoms with Gasteiger partial charge in [-0.1, -0.05) is 6.07 Å². The van der Waals surface area contributed by atoms with E-state index in [1.807, 2.05) is 23.6 Å². The predicted molar refractivity (Wildman–Crippen MR) is 86.8 cm³/mol. The first-order valence-corrected chi connectivity index (χ1v) is 7.96. The Morgan fingerprint density at radius 2 is 2.00 bits per heavy atom. The molecule has 0 aliphatic rings. The van der Waals surface area contributed by atoms with Crippen LogP contribution >= 0.6 is 22.7 Å². The number of nitrogens with zero attached hydrogens (tertiary/aromatic N) is 1.